The standard InChI is InChI=1S/C28H32FN5OS/c1-33(31)28(23(30)16-29)20-14-25-26(32-17-20)22-9-8-21(36-2)15-24(22)34(25)27(18-6-4-3-5-7-18)19-10-12-35-13-11-19/h3-9,14-15,17,19,27H,10-13,16,30-31H2,1-2H3/b28-23-/t27-/m1/s1. The quantitative estimate of drug-likeness (QED) is 0.201. The third-order valence-electron chi connectivity index (χ3n) is 7.05. The Bertz CT molecular complexity index is 1400. The number of fused-ring (bicyclic) bond motifs is 3. The second-order valence-corrected chi connectivity index (χ2v) is 10.1. The second-order valence-electron chi connectivity index (χ2n) is 9.27. The van der Waals surface area contributed by atoms with E-state index in [1.807, 2.05) is 0 Å². The van der Waals surface area contributed by atoms with Crippen LogP contribution in [0.5, 0.6) is 0 Å². The van der Waals surface area contributed by atoms with Crippen molar-refractivity contribution in [2.45, 2.75) is 23.8 Å². The number of hydrazine groups is 1. The molecule has 36 heavy (non-hydrogen) atoms. The van der Waals surface area contributed by atoms with Gasteiger partial charge in [0.15, 0.2) is 0 Å². The van der Waals surface area contributed by atoms with Crippen molar-refractivity contribution in [1.29, 1.82) is 0 Å². The van der Waals surface area contributed by atoms with Crippen LogP contribution in [0.15, 0.2) is 71.4 Å². The Hall–Kier alpha value is -3.07. The van der Waals surface area contributed by atoms with Crippen LogP contribution >= 0.6 is 11.8 Å². The molecule has 4 N–H and O–H groups in total. The summed E-state index contributed by atoms with van der Waals surface area (Å²) in [4.78, 5) is 6.07. The number of thioether (sulfide) groups is 1. The summed E-state index contributed by atoms with van der Waals surface area (Å²) in [6.45, 7) is 0.717. The number of halogens is 1. The maximum atomic E-state index is 13.6. The van der Waals surface area contributed by atoms with Crippen molar-refractivity contribution in [3.8, 4) is 0 Å². The Kier molecular flexibility index (Phi) is 7.18. The number of nitrogens with zero attached hydrogens (tertiary/aromatic N) is 3. The average Bonchev–Trinajstić information content (AvgIpc) is 3.22. The highest BCUT2D eigenvalue weighted by Gasteiger charge is 2.30. The molecule has 2 aromatic heterocycles. The number of hydrogen-bond donors (Lipinski definition) is 2. The molecule has 0 aliphatic carbocycles. The summed E-state index contributed by atoms with van der Waals surface area (Å²) in [6, 6.07) is 19.3. The first-order valence-electron chi connectivity index (χ1n) is 12.2. The first-order valence-corrected chi connectivity index (χ1v) is 13.4. The average molecular weight is 506 g/mol. The van der Waals surface area contributed by atoms with Gasteiger partial charge in [0, 0.05) is 42.3 Å². The lowest BCUT2D eigenvalue weighted by Crippen LogP contribution is -2.28. The van der Waals surface area contributed by atoms with Crippen molar-refractivity contribution in [2.75, 3.05) is 33.2 Å². The highest BCUT2D eigenvalue weighted by Crippen LogP contribution is 2.41. The largest absolute Gasteiger partial charge is 0.398 e. The van der Waals surface area contributed by atoms with Crippen molar-refractivity contribution >= 4 is 39.4 Å². The molecule has 0 spiro atoms. The zero-order valence-electron chi connectivity index (χ0n) is 20.7. The van der Waals surface area contributed by atoms with Crippen LogP contribution in [0.25, 0.3) is 27.6 Å². The summed E-state index contributed by atoms with van der Waals surface area (Å²) >= 11 is 1.72. The van der Waals surface area contributed by atoms with E-state index in [1.54, 1.807) is 25.0 Å². The van der Waals surface area contributed by atoms with E-state index in [4.69, 9.17) is 21.3 Å². The number of rotatable bonds is 7. The number of nitrogens with two attached hydrogens (primary N) is 2. The van der Waals surface area contributed by atoms with Crippen molar-refractivity contribution in [3.05, 3.63) is 77.6 Å². The number of aromatic nitrogens is 2. The Morgan fingerprint density at radius 1 is 1.17 bits per heavy atom. The van der Waals surface area contributed by atoms with Gasteiger partial charge in [0.25, 0.3) is 0 Å². The van der Waals surface area contributed by atoms with Crippen LogP contribution in [0.3, 0.4) is 0 Å². The molecule has 5 rings (SSSR count). The summed E-state index contributed by atoms with van der Waals surface area (Å²) in [6.07, 6.45) is 5.77. The summed E-state index contributed by atoms with van der Waals surface area (Å²) in [5.74, 6) is 6.48. The first-order chi connectivity index (χ1) is 17.5. The summed E-state index contributed by atoms with van der Waals surface area (Å²) in [7, 11) is 1.66. The van der Waals surface area contributed by atoms with Gasteiger partial charge in [-0.05, 0) is 54.8 Å². The SMILES string of the molecule is CSc1ccc2c3ncc(/C(=C(/N)CF)N(C)N)cc3n([C@H](c3ccccc3)C3CCOCC3)c2c1. The highest BCUT2D eigenvalue weighted by atomic mass is 32.2. The van der Waals surface area contributed by atoms with Crippen LogP contribution < -0.4 is 11.6 Å². The van der Waals surface area contributed by atoms with Crippen LogP contribution in [0, 0.1) is 5.92 Å². The Morgan fingerprint density at radius 2 is 1.92 bits per heavy atom. The lowest BCUT2D eigenvalue weighted by molar-refractivity contribution is 0.0553. The zero-order chi connectivity index (χ0) is 25.2. The lowest BCUT2D eigenvalue weighted by Gasteiger charge is -2.33. The molecule has 0 unspecified atom stereocenters. The predicted molar refractivity (Wildman–Crippen MR) is 146 cm³/mol. The molecule has 0 radical (unpaired) electrons. The first kappa shape index (κ1) is 24.6. The zero-order valence-corrected chi connectivity index (χ0v) is 21.5. The summed E-state index contributed by atoms with van der Waals surface area (Å²) < 4.78 is 21.8. The molecule has 1 aliphatic heterocycles. The minimum absolute atomic E-state index is 0.0810. The van der Waals surface area contributed by atoms with Gasteiger partial charge in [-0.1, -0.05) is 30.3 Å². The topological polar surface area (TPSA) is 82.3 Å². The number of benzene rings is 2. The molecule has 1 saturated heterocycles. The van der Waals surface area contributed by atoms with E-state index in [2.05, 4.69) is 65.4 Å². The molecule has 3 heterocycles. The fourth-order valence-corrected chi connectivity index (χ4v) is 5.87. The maximum Gasteiger partial charge on any atom is 0.131 e. The Balaban J connectivity index is 1.84. The number of pyridine rings is 1. The normalized spacial score (nSPS) is 16.3. The molecular formula is C28H32FN5OS. The van der Waals surface area contributed by atoms with E-state index in [1.165, 1.54) is 15.5 Å². The molecule has 8 heteroatoms. The monoisotopic (exact) mass is 505 g/mol. The van der Waals surface area contributed by atoms with Gasteiger partial charge in [0.1, 0.15) is 6.67 Å². The summed E-state index contributed by atoms with van der Waals surface area (Å²) in [5.41, 5.74) is 11.5. The minimum atomic E-state index is -0.788. The van der Waals surface area contributed by atoms with Gasteiger partial charge in [0.05, 0.1) is 34.0 Å². The van der Waals surface area contributed by atoms with Crippen molar-refractivity contribution < 1.29 is 9.13 Å². The smallest absolute Gasteiger partial charge is 0.131 e. The maximum absolute atomic E-state index is 13.6. The van der Waals surface area contributed by atoms with E-state index < -0.39 is 6.67 Å². The molecule has 2 aromatic carbocycles. The van der Waals surface area contributed by atoms with Gasteiger partial charge in [-0.3, -0.25) is 4.98 Å². The second kappa shape index (κ2) is 10.5. The molecule has 0 saturated carbocycles. The molecule has 6 nitrogen and oxygen atoms in total. The van der Waals surface area contributed by atoms with Gasteiger partial charge in [-0.15, -0.1) is 11.8 Å². The van der Waals surface area contributed by atoms with Crippen LogP contribution in [-0.4, -0.2) is 47.8 Å². The van der Waals surface area contributed by atoms with E-state index in [-0.39, 0.29) is 11.7 Å². The number of allylic oxidation sites excluding steroid dienone is 1. The molecule has 4 aromatic rings. The molecular weight excluding hydrogens is 473 g/mol. The molecule has 0 bridgehead atoms. The van der Waals surface area contributed by atoms with E-state index in [0.717, 1.165) is 48.0 Å². The van der Waals surface area contributed by atoms with Gasteiger partial charge < -0.3 is 20.0 Å². The Morgan fingerprint density at radius 3 is 2.58 bits per heavy atom. The fourth-order valence-electron chi connectivity index (χ4n) is 5.43. The molecule has 1 atom stereocenters. The van der Waals surface area contributed by atoms with Crippen molar-refractivity contribution in [3.63, 3.8) is 0 Å². The minimum Gasteiger partial charge on any atom is -0.398 e. The van der Waals surface area contributed by atoms with Crippen LogP contribution in [0.1, 0.15) is 30.0 Å². The number of alkyl halides is 1. The molecule has 188 valence electrons. The highest BCUT2D eigenvalue weighted by molar-refractivity contribution is 7.98. The number of hydrogen-bond acceptors (Lipinski definition) is 6. The number of ether oxygens (including phenoxy) is 1. The van der Waals surface area contributed by atoms with Crippen molar-refractivity contribution in [2.24, 2.45) is 17.5 Å². The third-order valence-corrected chi connectivity index (χ3v) is 7.78. The molecule has 1 aliphatic rings. The molecule has 0 amide bonds. The van der Waals surface area contributed by atoms with E-state index >= 15 is 0 Å². The predicted octanol–water partition coefficient (Wildman–Crippen LogP) is 5.33. The van der Waals surface area contributed by atoms with Crippen LogP contribution in [-0.2, 0) is 4.74 Å². The van der Waals surface area contributed by atoms with Crippen LogP contribution in [0.4, 0.5) is 4.39 Å². The van der Waals surface area contributed by atoms with E-state index in [0.29, 0.717) is 17.2 Å². The van der Waals surface area contributed by atoms with Gasteiger partial charge in [-0.2, -0.15) is 0 Å². The molecule has 1 fully saturated rings. The van der Waals surface area contributed by atoms with Gasteiger partial charge >= 0.3 is 0 Å². The fraction of sp³-hybridized carbons (Fsp3) is 0.321. The van der Waals surface area contributed by atoms with Crippen LogP contribution in [0.2, 0.25) is 0 Å². The lowest BCUT2D eigenvalue weighted by atomic mass is 9.86. The van der Waals surface area contributed by atoms with Gasteiger partial charge in [0.2, 0.25) is 0 Å². The third kappa shape index (κ3) is 4.45. The Labute approximate surface area is 215 Å². The van der Waals surface area contributed by atoms with Gasteiger partial charge in [-0.25, -0.2) is 10.2 Å². The van der Waals surface area contributed by atoms with Crippen molar-refractivity contribution in [1.82, 2.24) is 14.6 Å². The van der Waals surface area contributed by atoms with E-state index in [9.17, 15) is 4.39 Å². The summed E-state index contributed by atoms with van der Waals surface area (Å²) in [5, 5.41) is 2.46.